The zero-order valence-electron chi connectivity index (χ0n) is 11.4. The van der Waals surface area contributed by atoms with Gasteiger partial charge in [-0.3, -0.25) is 4.79 Å². The van der Waals surface area contributed by atoms with Crippen molar-refractivity contribution in [2.75, 3.05) is 0 Å². The van der Waals surface area contributed by atoms with Crippen LogP contribution >= 0.6 is 11.6 Å². The van der Waals surface area contributed by atoms with Crippen LogP contribution in [0.1, 0.15) is 46.9 Å². The lowest BCUT2D eigenvalue weighted by Gasteiger charge is -2.06. The number of aryl methyl sites for hydroxylation is 1. The van der Waals surface area contributed by atoms with Crippen LogP contribution in [0.15, 0.2) is 24.3 Å². The fraction of sp³-hybridized carbons (Fsp3) is 0.333. The molecule has 0 aliphatic carbocycles. The van der Waals surface area contributed by atoms with E-state index in [9.17, 15) is 4.79 Å². The first-order valence-corrected chi connectivity index (χ1v) is 6.68. The second-order valence-electron chi connectivity index (χ2n) is 4.95. The summed E-state index contributed by atoms with van der Waals surface area (Å²) in [6, 6.07) is 8.09. The minimum Gasteiger partial charge on any atom is -0.298 e. The van der Waals surface area contributed by atoms with Crippen molar-refractivity contribution in [2.45, 2.75) is 33.2 Å². The summed E-state index contributed by atoms with van der Waals surface area (Å²) < 4.78 is 1.70. The zero-order chi connectivity index (χ0) is 14.0. The zero-order valence-corrected chi connectivity index (χ0v) is 12.1. The maximum absolute atomic E-state index is 11.1. The van der Waals surface area contributed by atoms with Crippen LogP contribution in [0.3, 0.4) is 0 Å². The normalized spacial score (nSPS) is 11.0. The molecule has 0 aliphatic rings. The van der Waals surface area contributed by atoms with Crippen molar-refractivity contribution in [1.82, 2.24) is 9.78 Å². The fourth-order valence-corrected chi connectivity index (χ4v) is 2.30. The van der Waals surface area contributed by atoms with Gasteiger partial charge in [0.2, 0.25) is 0 Å². The monoisotopic (exact) mass is 276 g/mol. The van der Waals surface area contributed by atoms with E-state index >= 15 is 0 Å². The van der Waals surface area contributed by atoms with Crippen LogP contribution < -0.4 is 0 Å². The second-order valence-corrected chi connectivity index (χ2v) is 5.30. The number of aromatic nitrogens is 2. The molecular weight excluding hydrogens is 260 g/mol. The summed E-state index contributed by atoms with van der Waals surface area (Å²) >= 11 is 6.25. The quantitative estimate of drug-likeness (QED) is 0.796. The number of halogens is 1. The van der Waals surface area contributed by atoms with Gasteiger partial charge < -0.3 is 0 Å². The number of hydrogen-bond donors (Lipinski definition) is 0. The minimum absolute atomic E-state index is 0.177. The summed E-state index contributed by atoms with van der Waals surface area (Å²) in [5, 5.41) is 4.89. The maximum atomic E-state index is 11.1. The number of rotatable bonds is 4. The molecule has 0 atom stereocenters. The first-order valence-electron chi connectivity index (χ1n) is 6.30. The third kappa shape index (κ3) is 2.71. The standard InChI is InChI=1S/C15H17ClN2O/c1-10(2)14-13(9-19)15(16)18(17-14)8-12-7-5-4-6-11(12)3/h4-7,9-10H,8H2,1-3H3. The highest BCUT2D eigenvalue weighted by molar-refractivity contribution is 6.32. The van der Waals surface area contributed by atoms with Gasteiger partial charge in [-0.1, -0.05) is 49.7 Å². The number of aldehydes is 1. The lowest BCUT2D eigenvalue weighted by Crippen LogP contribution is -2.04. The van der Waals surface area contributed by atoms with E-state index in [4.69, 9.17) is 11.6 Å². The van der Waals surface area contributed by atoms with Crippen LogP contribution in [0.4, 0.5) is 0 Å². The molecular formula is C15H17ClN2O. The van der Waals surface area contributed by atoms with Crippen LogP contribution in [0.5, 0.6) is 0 Å². The number of benzene rings is 1. The first-order chi connectivity index (χ1) is 9.04. The van der Waals surface area contributed by atoms with Gasteiger partial charge in [0.25, 0.3) is 0 Å². The van der Waals surface area contributed by atoms with E-state index in [-0.39, 0.29) is 5.92 Å². The summed E-state index contributed by atoms with van der Waals surface area (Å²) in [6.45, 7) is 6.64. The Balaban J connectivity index is 2.41. The average molecular weight is 277 g/mol. The number of carbonyl (C=O) groups is 1. The molecule has 0 spiro atoms. The maximum Gasteiger partial charge on any atom is 0.155 e. The van der Waals surface area contributed by atoms with Crippen molar-refractivity contribution < 1.29 is 4.79 Å². The third-order valence-electron chi connectivity index (χ3n) is 3.20. The molecule has 0 saturated carbocycles. The van der Waals surface area contributed by atoms with Crippen molar-refractivity contribution in [3.63, 3.8) is 0 Å². The van der Waals surface area contributed by atoms with E-state index in [2.05, 4.69) is 18.1 Å². The topological polar surface area (TPSA) is 34.9 Å². The summed E-state index contributed by atoms with van der Waals surface area (Å²) in [5.41, 5.74) is 3.60. The van der Waals surface area contributed by atoms with Crippen molar-refractivity contribution in [3.05, 3.63) is 51.8 Å². The Kier molecular flexibility index (Phi) is 4.05. The Labute approximate surface area is 118 Å². The van der Waals surface area contributed by atoms with Crippen LogP contribution in [0.2, 0.25) is 5.15 Å². The molecule has 0 amide bonds. The molecule has 0 radical (unpaired) electrons. The Morgan fingerprint density at radius 3 is 2.58 bits per heavy atom. The highest BCUT2D eigenvalue weighted by Crippen LogP contribution is 2.25. The Hall–Kier alpha value is -1.61. The molecule has 1 aromatic carbocycles. The number of carbonyl (C=O) groups excluding carboxylic acids is 1. The molecule has 100 valence electrons. The van der Waals surface area contributed by atoms with Crippen molar-refractivity contribution in [1.29, 1.82) is 0 Å². The molecule has 0 bridgehead atoms. The van der Waals surface area contributed by atoms with Crippen LogP contribution in [0, 0.1) is 6.92 Å². The molecule has 2 rings (SSSR count). The van der Waals surface area contributed by atoms with Gasteiger partial charge >= 0.3 is 0 Å². The largest absolute Gasteiger partial charge is 0.298 e. The van der Waals surface area contributed by atoms with Gasteiger partial charge in [0.1, 0.15) is 5.15 Å². The molecule has 3 nitrogen and oxygen atoms in total. The van der Waals surface area contributed by atoms with Crippen molar-refractivity contribution in [3.8, 4) is 0 Å². The lowest BCUT2D eigenvalue weighted by atomic mass is 10.1. The molecule has 1 aromatic heterocycles. The number of hydrogen-bond acceptors (Lipinski definition) is 2. The molecule has 19 heavy (non-hydrogen) atoms. The molecule has 1 heterocycles. The van der Waals surface area contributed by atoms with Crippen LogP contribution in [-0.2, 0) is 6.54 Å². The van der Waals surface area contributed by atoms with E-state index in [1.54, 1.807) is 4.68 Å². The fourth-order valence-electron chi connectivity index (χ4n) is 2.06. The summed E-state index contributed by atoms with van der Waals surface area (Å²) in [7, 11) is 0. The highest BCUT2D eigenvalue weighted by Gasteiger charge is 2.18. The van der Waals surface area contributed by atoms with Crippen LogP contribution in [0.25, 0.3) is 0 Å². The lowest BCUT2D eigenvalue weighted by molar-refractivity contribution is 0.112. The van der Waals surface area contributed by atoms with Gasteiger partial charge in [0.05, 0.1) is 17.8 Å². The van der Waals surface area contributed by atoms with E-state index in [0.717, 1.165) is 17.5 Å². The van der Waals surface area contributed by atoms with Crippen LogP contribution in [-0.4, -0.2) is 16.1 Å². The van der Waals surface area contributed by atoms with E-state index < -0.39 is 0 Å². The first kappa shape index (κ1) is 13.8. The third-order valence-corrected chi connectivity index (χ3v) is 3.60. The molecule has 0 saturated heterocycles. The van der Waals surface area contributed by atoms with E-state index in [1.807, 2.05) is 32.0 Å². The summed E-state index contributed by atoms with van der Waals surface area (Å²) in [5.74, 6) is 0.177. The van der Waals surface area contributed by atoms with Crippen molar-refractivity contribution in [2.24, 2.45) is 0 Å². The molecule has 0 fully saturated rings. The highest BCUT2D eigenvalue weighted by atomic mass is 35.5. The molecule has 0 unspecified atom stereocenters. The molecule has 4 heteroatoms. The smallest absolute Gasteiger partial charge is 0.155 e. The molecule has 2 aromatic rings. The van der Waals surface area contributed by atoms with Gasteiger partial charge in [-0.2, -0.15) is 5.10 Å². The van der Waals surface area contributed by atoms with Gasteiger partial charge in [0, 0.05) is 0 Å². The minimum atomic E-state index is 0.177. The van der Waals surface area contributed by atoms with E-state index in [0.29, 0.717) is 17.3 Å². The SMILES string of the molecule is Cc1ccccc1Cn1nc(C(C)C)c(C=O)c1Cl. The predicted molar refractivity (Wildman–Crippen MR) is 77.0 cm³/mol. The Morgan fingerprint density at radius 1 is 1.37 bits per heavy atom. The van der Waals surface area contributed by atoms with Gasteiger partial charge in [0.15, 0.2) is 6.29 Å². The van der Waals surface area contributed by atoms with Gasteiger partial charge in [-0.05, 0) is 24.0 Å². The average Bonchev–Trinajstić information content (AvgIpc) is 2.69. The van der Waals surface area contributed by atoms with Gasteiger partial charge in [-0.25, -0.2) is 4.68 Å². The Morgan fingerprint density at radius 2 is 2.05 bits per heavy atom. The molecule has 0 aliphatic heterocycles. The molecule has 0 N–H and O–H groups in total. The van der Waals surface area contributed by atoms with Gasteiger partial charge in [-0.15, -0.1) is 0 Å². The number of nitrogens with zero attached hydrogens (tertiary/aromatic N) is 2. The Bertz CT molecular complexity index is 602. The summed E-state index contributed by atoms with van der Waals surface area (Å²) in [4.78, 5) is 11.1. The van der Waals surface area contributed by atoms with E-state index in [1.165, 1.54) is 5.56 Å². The summed E-state index contributed by atoms with van der Waals surface area (Å²) in [6.07, 6.45) is 0.791. The predicted octanol–water partition coefficient (Wildman–Crippen LogP) is 3.83. The second kappa shape index (κ2) is 5.57. The van der Waals surface area contributed by atoms with Crippen molar-refractivity contribution >= 4 is 17.9 Å².